The van der Waals surface area contributed by atoms with E-state index >= 15 is 0 Å². The summed E-state index contributed by atoms with van der Waals surface area (Å²) in [6.07, 6.45) is 3.54. The number of nitrogens with zero attached hydrogens (tertiary/aromatic N) is 2. The van der Waals surface area contributed by atoms with Crippen molar-refractivity contribution in [2.45, 2.75) is 32.0 Å². The molecule has 6 heteroatoms. The lowest BCUT2D eigenvalue weighted by atomic mass is 10.0. The van der Waals surface area contributed by atoms with E-state index in [0.717, 1.165) is 31.7 Å². The maximum Gasteiger partial charge on any atom is 0.317 e. The van der Waals surface area contributed by atoms with Gasteiger partial charge in [-0.25, -0.2) is 9.18 Å². The molecule has 1 aromatic carbocycles. The number of hydrogen-bond acceptors (Lipinski definition) is 3. The molecule has 1 fully saturated rings. The molecule has 0 saturated carbocycles. The van der Waals surface area contributed by atoms with Gasteiger partial charge in [-0.2, -0.15) is 0 Å². The van der Waals surface area contributed by atoms with E-state index in [0.29, 0.717) is 18.7 Å². The number of carbonyl (C=O) groups is 1. The third kappa shape index (κ3) is 4.60. The first kappa shape index (κ1) is 17.5. The highest BCUT2D eigenvalue weighted by molar-refractivity contribution is 5.74. The predicted molar refractivity (Wildman–Crippen MR) is 93.4 cm³/mol. The maximum atomic E-state index is 13.9. The van der Waals surface area contributed by atoms with Crippen LogP contribution in [-0.2, 0) is 13.1 Å². The van der Waals surface area contributed by atoms with Crippen LogP contribution in [0.3, 0.4) is 0 Å². The standard InChI is InChI=1S/C19H24FN3O2/c1-22(19(24)21-12-17-8-5-11-25-17)16-7-4-10-23(14-16)13-15-6-2-3-9-18(15)20/h2-3,5-6,8-9,11,16H,4,7,10,12-14H2,1H3,(H,21,24)/t16-/m1/s1. The van der Waals surface area contributed by atoms with Crippen LogP contribution in [0.15, 0.2) is 47.1 Å². The van der Waals surface area contributed by atoms with Gasteiger partial charge >= 0.3 is 6.03 Å². The van der Waals surface area contributed by atoms with Gasteiger partial charge in [0.05, 0.1) is 12.8 Å². The average Bonchev–Trinajstić information content (AvgIpc) is 3.15. The quantitative estimate of drug-likeness (QED) is 0.905. The molecule has 25 heavy (non-hydrogen) atoms. The summed E-state index contributed by atoms with van der Waals surface area (Å²) in [4.78, 5) is 16.3. The molecule has 1 aliphatic heterocycles. The van der Waals surface area contributed by atoms with Crippen LogP contribution in [0.2, 0.25) is 0 Å². The SMILES string of the molecule is CN(C(=O)NCc1ccco1)[C@@H]1CCCN(Cc2ccccc2F)C1. The fraction of sp³-hybridized carbons (Fsp3) is 0.421. The van der Waals surface area contributed by atoms with Crippen molar-refractivity contribution in [2.24, 2.45) is 0 Å². The highest BCUT2D eigenvalue weighted by atomic mass is 19.1. The van der Waals surface area contributed by atoms with Crippen molar-refractivity contribution < 1.29 is 13.6 Å². The Labute approximate surface area is 147 Å². The van der Waals surface area contributed by atoms with Crippen LogP contribution >= 0.6 is 0 Å². The van der Waals surface area contributed by atoms with Crippen molar-refractivity contribution in [1.29, 1.82) is 0 Å². The zero-order chi connectivity index (χ0) is 17.6. The number of benzene rings is 1. The van der Waals surface area contributed by atoms with Crippen LogP contribution in [0.5, 0.6) is 0 Å². The van der Waals surface area contributed by atoms with Gasteiger partial charge in [-0.05, 0) is 37.6 Å². The van der Waals surface area contributed by atoms with Crippen LogP contribution in [0.4, 0.5) is 9.18 Å². The molecule has 1 N–H and O–H groups in total. The summed E-state index contributed by atoms with van der Waals surface area (Å²) in [6, 6.07) is 10.5. The fourth-order valence-electron chi connectivity index (χ4n) is 3.22. The molecule has 0 unspecified atom stereocenters. The second-order valence-electron chi connectivity index (χ2n) is 6.47. The smallest absolute Gasteiger partial charge is 0.317 e. The van der Waals surface area contributed by atoms with Crippen molar-refractivity contribution in [3.63, 3.8) is 0 Å². The molecule has 0 spiro atoms. The van der Waals surface area contributed by atoms with Crippen LogP contribution in [0, 0.1) is 5.82 Å². The number of nitrogens with one attached hydrogen (secondary N) is 1. The Balaban J connectivity index is 1.53. The highest BCUT2D eigenvalue weighted by Crippen LogP contribution is 2.18. The molecule has 3 rings (SSSR count). The number of furan rings is 1. The molecule has 1 aliphatic rings. The minimum atomic E-state index is -0.172. The van der Waals surface area contributed by atoms with Crippen molar-refractivity contribution in [3.05, 3.63) is 59.8 Å². The highest BCUT2D eigenvalue weighted by Gasteiger charge is 2.26. The first-order valence-electron chi connectivity index (χ1n) is 8.62. The van der Waals surface area contributed by atoms with Gasteiger partial charge in [0.25, 0.3) is 0 Å². The molecule has 1 atom stereocenters. The Kier molecular flexibility index (Phi) is 5.71. The molecule has 0 aliphatic carbocycles. The molecule has 0 bridgehead atoms. The zero-order valence-corrected chi connectivity index (χ0v) is 14.5. The van der Waals surface area contributed by atoms with Crippen LogP contribution in [0.25, 0.3) is 0 Å². The summed E-state index contributed by atoms with van der Waals surface area (Å²) in [5, 5.41) is 2.87. The second-order valence-corrected chi connectivity index (χ2v) is 6.47. The maximum absolute atomic E-state index is 13.9. The number of likely N-dealkylation sites (tertiary alicyclic amines) is 1. The van der Waals surface area contributed by atoms with Crippen molar-refractivity contribution in [2.75, 3.05) is 20.1 Å². The van der Waals surface area contributed by atoms with E-state index < -0.39 is 0 Å². The number of amides is 2. The fourth-order valence-corrected chi connectivity index (χ4v) is 3.22. The van der Waals surface area contributed by atoms with Crippen LogP contribution in [-0.4, -0.2) is 42.0 Å². The molecule has 1 aromatic heterocycles. The Hall–Kier alpha value is -2.34. The van der Waals surface area contributed by atoms with E-state index in [1.165, 1.54) is 6.07 Å². The third-order valence-electron chi connectivity index (χ3n) is 4.69. The Morgan fingerprint density at radius 1 is 1.36 bits per heavy atom. The Bertz CT molecular complexity index is 690. The van der Waals surface area contributed by atoms with Crippen molar-refractivity contribution >= 4 is 6.03 Å². The van der Waals surface area contributed by atoms with E-state index in [4.69, 9.17) is 4.42 Å². The Morgan fingerprint density at radius 3 is 2.96 bits per heavy atom. The number of halogens is 1. The van der Waals surface area contributed by atoms with Gasteiger partial charge in [-0.15, -0.1) is 0 Å². The number of piperidine rings is 1. The largest absolute Gasteiger partial charge is 0.467 e. The molecule has 0 radical (unpaired) electrons. The van der Waals surface area contributed by atoms with Gasteiger partial charge in [0.1, 0.15) is 11.6 Å². The van der Waals surface area contributed by atoms with E-state index in [1.54, 1.807) is 23.3 Å². The molecule has 134 valence electrons. The van der Waals surface area contributed by atoms with Gasteiger partial charge in [-0.3, -0.25) is 4.90 Å². The number of hydrogen-bond donors (Lipinski definition) is 1. The van der Waals surface area contributed by atoms with E-state index in [1.807, 2.05) is 25.2 Å². The lowest BCUT2D eigenvalue weighted by Crippen LogP contribution is -2.51. The average molecular weight is 345 g/mol. The van der Waals surface area contributed by atoms with Gasteiger partial charge in [0, 0.05) is 31.7 Å². The van der Waals surface area contributed by atoms with Gasteiger partial charge in [0.2, 0.25) is 0 Å². The summed E-state index contributed by atoms with van der Waals surface area (Å²) >= 11 is 0. The summed E-state index contributed by atoms with van der Waals surface area (Å²) in [6.45, 7) is 2.62. The molecule has 5 nitrogen and oxygen atoms in total. The monoisotopic (exact) mass is 345 g/mol. The van der Waals surface area contributed by atoms with Gasteiger partial charge in [-0.1, -0.05) is 18.2 Å². The minimum Gasteiger partial charge on any atom is -0.467 e. The van der Waals surface area contributed by atoms with Crippen LogP contribution in [0.1, 0.15) is 24.2 Å². The van der Waals surface area contributed by atoms with Crippen molar-refractivity contribution in [3.8, 4) is 0 Å². The number of urea groups is 1. The van der Waals surface area contributed by atoms with E-state index in [-0.39, 0.29) is 17.9 Å². The number of carbonyl (C=O) groups excluding carboxylic acids is 1. The summed E-state index contributed by atoms with van der Waals surface area (Å²) in [7, 11) is 1.81. The molecule has 1 saturated heterocycles. The van der Waals surface area contributed by atoms with Crippen molar-refractivity contribution in [1.82, 2.24) is 15.1 Å². The van der Waals surface area contributed by atoms with Crippen LogP contribution < -0.4 is 5.32 Å². The minimum absolute atomic E-state index is 0.117. The summed E-state index contributed by atoms with van der Waals surface area (Å²) < 4.78 is 19.1. The topological polar surface area (TPSA) is 48.7 Å². The first-order valence-corrected chi connectivity index (χ1v) is 8.62. The summed E-state index contributed by atoms with van der Waals surface area (Å²) in [5.74, 6) is 0.556. The molecule has 2 amide bonds. The number of rotatable bonds is 5. The molecular formula is C19H24FN3O2. The molecular weight excluding hydrogens is 321 g/mol. The lowest BCUT2D eigenvalue weighted by molar-refractivity contribution is 0.120. The second kappa shape index (κ2) is 8.16. The zero-order valence-electron chi connectivity index (χ0n) is 14.5. The molecule has 2 aromatic rings. The third-order valence-corrected chi connectivity index (χ3v) is 4.69. The lowest BCUT2D eigenvalue weighted by Gasteiger charge is -2.37. The molecule has 2 heterocycles. The van der Waals surface area contributed by atoms with E-state index in [2.05, 4.69) is 10.2 Å². The predicted octanol–water partition coefficient (Wildman–Crippen LogP) is 3.22. The van der Waals surface area contributed by atoms with Gasteiger partial charge < -0.3 is 14.6 Å². The van der Waals surface area contributed by atoms with Gasteiger partial charge in [0.15, 0.2) is 0 Å². The first-order chi connectivity index (χ1) is 12.1. The normalized spacial score (nSPS) is 18.1. The Morgan fingerprint density at radius 2 is 2.20 bits per heavy atom. The summed E-state index contributed by atoms with van der Waals surface area (Å²) in [5.41, 5.74) is 0.702. The van der Waals surface area contributed by atoms with E-state index in [9.17, 15) is 9.18 Å². The number of likely N-dealkylation sites (N-methyl/N-ethyl adjacent to an activating group) is 1.